The molecule has 3 heteroatoms. The molecule has 0 atom stereocenters. The van der Waals surface area contributed by atoms with E-state index in [4.69, 9.17) is 0 Å². The van der Waals surface area contributed by atoms with E-state index in [9.17, 15) is 4.79 Å². The highest BCUT2D eigenvalue weighted by molar-refractivity contribution is 5.84. The van der Waals surface area contributed by atoms with Crippen molar-refractivity contribution in [3.63, 3.8) is 0 Å². The van der Waals surface area contributed by atoms with Crippen LogP contribution in [-0.4, -0.2) is 44.9 Å². The third-order valence-corrected chi connectivity index (χ3v) is 3.64. The summed E-state index contributed by atoms with van der Waals surface area (Å²) in [5, 5.41) is 0. The van der Waals surface area contributed by atoms with Crippen molar-refractivity contribution in [2.24, 2.45) is 5.92 Å². The van der Waals surface area contributed by atoms with E-state index in [0.717, 1.165) is 36.5 Å². The summed E-state index contributed by atoms with van der Waals surface area (Å²) >= 11 is 0. The molecule has 3 nitrogen and oxygen atoms in total. The Morgan fingerprint density at radius 3 is 2.56 bits per heavy atom. The molecule has 0 N–H and O–H groups in total. The summed E-state index contributed by atoms with van der Waals surface area (Å²) in [6.07, 6.45) is 3.39. The molecular weight excluding hydrogens is 224 g/mol. The SMILES string of the molecule is CN(C)CC1CCN(c2ccccc2C=O)CC1. The predicted molar refractivity (Wildman–Crippen MR) is 75.3 cm³/mol. The van der Waals surface area contributed by atoms with Gasteiger partial charge in [0.25, 0.3) is 0 Å². The third-order valence-electron chi connectivity index (χ3n) is 3.64. The second-order valence-corrected chi connectivity index (χ2v) is 5.37. The van der Waals surface area contributed by atoms with Crippen LogP contribution < -0.4 is 4.90 Å². The van der Waals surface area contributed by atoms with Crippen LogP contribution >= 0.6 is 0 Å². The van der Waals surface area contributed by atoms with Gasteiger partial charge in [0.15, 0.2) is 6.29 Å². The fourth-order valence-corrected chi connectivity index (χ4v) is 2.75. The summed E-state index contributed by atoms with van der Waals surface area (Å²) in [6, 6.07) is 7.88. The number of anilines is 1. The maximum Gasteiger partial charge on any atom is 0.152 e. The average Bonchev–Trinajstić information content (AvgIpc) is 2.39. The molecule has 98 valence electrons. The molecule has 2 rings (SSSR count). The highest BCUT2D eigenvalue weighted by Gasteiger charge is 2.20. The summed E-state index contributed by atoms with van der Waals surface area (Å²) in [5.74, 6) is 0.791. The van der Waals surface area contributed by atoms with Crippen LogP contribution in [-0.2, 0) is 0 Å². The van der Waals surface area contributed by atoms with Crippen molar-refractivity contribution in [2.45, 2.75) is 12.8 Å². The van der Waals surface area contributed by atoms with Crippen LogP contribution in [0.5, 0.6) is 0 Å². The lowest BCUT2D eigenvalue weighted by molar-refractivity contribution is 0.112. The number of hydrogen-bond donors (Lipinski definition) is 0. The zero-order valence-electron chi connectivity index (χ0n) is 11.3. The number of para-hydroxylation sites is 1. The molecule has 1 saturated heterocycles. The third kappa shape index (κ3) is 3.10. The van der Waals surface area contributed by atoms with Gasteiger partial charge in [0.1, 0.15) is 0 Å². The van der Waals surface area contributed by atoms with Gasteiger partial charge in [-0.15, -0.1) is 0 Å². The van der Waals surface area contributed by atoms with Gasteiger partial charge in [-0.2, -0.15) is 0 Å². The van der Waals surface area contributed by atoms with Crippen LogP contribution in [0.1, 0.15) is 23.2 Å². The lowest BCUT2D eigenvalue weighted by atomic mass is 9.95. The van der Waals surface area contributed by atoms with E-state index in [-0.39, 0.29) is 0 Å². The molecule has 0 radical (unpaired) electrons. The van der Waals surface area contributed by atoms with Crippen molar-refractivity contribution in [1.82, 2.24) is 4.90 Å². The standard InChI is InChI=1S/C15H22N2O/c1-16(2)11-13-7-9-17(10-8-13)15-6-4-3-5-14(15)12-18/h3-6,12-13H,7-11H2,1-2H3. The van der Waals surface area contributed by atoms with Crippen LogP contribution in [0, 0.1) is 5.92 Å². The first kappa shape index (κ1) is 13.1. The Morgan fingerprint density at radius 2 is 1.94 bits per heavy atom. The van der Waals surface area contributed by atoms with Gasteiger partial charge in [-0.25, -0.2) is 0 Å². The van der Waals surface area contributed by atoms with E-state index >= 15 is 0 Å². The van der Waals surface area contributed by atoms with Gasteiger partial charge >= 0.3 is 0 Å². The number of piperidine rings is 1. The number of nitrogens with zero attached hydrogens (tertiary/aromatic N) is 2. The van der Waals surface area contributed by atoms with Gasteiger partial charge in [0.2, 0.25) is 0 Å². The van der Waals surface area contributed by atoms with E-state index in [0.29, 0.717) is 0 Å². The molecule has 1 fully saturated rings. The number of carbonyl (C=O) groups is 1. The smallest absolute Gasteiger partial charge is 0.152 e. The van der Waals surface area contributed by atoms with Gasteiger partial charge < -0.3 is 9.80 Å². The van der Waals surface area contributed by atoms with Gasteiger partial charge in [-0.3, -0.25) is 4.79 Å². The van der Waals surface area contributed by atoms with Crippen LogP contribution in [0.25, 0.3) is 0 Å². The summed E-state index contributed by atoms with van der Waals surface area (Å²) < 4.78 is 0. The molecule has 0 saturated carbocycles. The molecule has 1 aromatic carbocycles. The summed E-state index contributed by atoms with van der Waals surface area (Å²) in [7, 11) is 4.27. The van der Waals surface area contributed by atoms with E-state index in [2.05, 4.69) is 30.0 Å². The van der Waals surface area contributed by atoms with E-state index in [1.807, 2.05) is 18.2 Å². The highest BCUT2D eigenvalue weighted by Crippen LogP contribution is 2.25. The minimum absolute atomic E-state index is 0.791. The van der Waals surface area contributed by atoms with Crippen molar-refractivity contribution in [1.29, 1.82) is 0 Å². The molecule has 0 amide bonds. The summed E-state index contributed by atoms with van der Waals surface area (Å²) in [4.78, 5) is 15.7. The minimum atomic E-state index is 0.791. The number of aldehydes is 1. The second-order valence-electron chi connectivity index (χ2n) is 5.37. The molecule has 1 aliphatic rings. The van der Waals surface area contributed by atoms with Crippen molar-refractivity contribution in [2.75, 3.05) is 38.6 Å². The lowest BCUT2D eigenvalue weighted by Crippen LogP contribution is -2.37. The summed E-state index contributed by atoms with van der Waals surface area (Å²) in [6.45, 7) is 3.29. The van der Waals surface area contributed by atoms with Gasteiger partial charge in [0, 0.05) is 30.9 Å². The van der Waals surface area contributed by atoms with Crippen LogP contribution in [0.15, 0.2) is 24.3 Å². The molecule has 0 aliphatic carbocycles. The zero-order chi connectivity index (χ0) is 13.0. The van der Waals surface area contributed by atoms with Crippen molar-refractivity contribution in [3.8, 4) is 0 Å². The number of carbonyl (C=O) groups excluding carboxylic acids is 1. The first-order valence-corrected chi connectivity index (χ1v) is 6.64. The monoisotopic (exact) mass is 246 g/mol. The molecule has 18 heavy (non-hydrogen) atoms. The highest BCUT2D eigenvalue weighted by atomic mass is 16.1. The number of rotatable bonds is 4. The molecule has 1 aromatic rings. The maximum atomic E-state index is 11.0. The topological polar surface area (TPSA) is 23.6 Å². The van der Waals surface area contributed by atoms with Crippen LogP contribution in [0.2, 0.25) is 0 Å². The Morgan fingerprint density at radius 1 is 1.28 bits per heavy atom. The van der Waals surface area contributed by atoms with Crippen molar-refractivity contribution in [3.05, 3.63) is 29.8 Å². The molecule has 1 aliphatic heterocycles. The molecule has 0 bridgehead atoms. The normalized spacial score (nSPS) is 17.2. The van der Waals surface area contributed by atoms with E-state index in [1.54, 1.807) is 0 Å². The quantitative estimate of drug-likeness (QED) is 0.761. The number of hydrogen-bond acceptors (Lipinski definition) is 3. The average molecular weight is 246 g/mol. The van der Waals surface area contributed by atoms with Crippen molar-refractivity contribution >= 4 is 12.0 Å². The summed E-state index contributed by atoms with van der Waals surface area (Å²) in [5.41, 5.74) is 1.90. The predicted octanol–water partition coefficient (Wildman–Crippen LogP) is 2.28. The molecular formula is C15H22N2O. The van der Waals surface area contributed by atoms with Crippen molar-refractivity contribution < 1.29 is 4.79 Å². The van der Waals surface area contributed by atoms with Crippen LogP contribution in [0.3, 0.4) is 0 Å². The molecule has 1 heterocycles. The Hall–Kier alpha value is -1.35. The van der Waals surface area contributed by atoms with Gasteiger partial charge in [0.05, 0.1) is 0 Å². The zero-order valence-corrected chi connectivity index (χ0v) is 11.3. The maximum absolute atomic E-state index is 11.0. The fraction of sp³-hybridized carbons (Fsp3) is 0.533. The Kier molecular flexibility index (Phi) is 4.37. The molecule has 0 unspecified atom stereocenters. The lowest BCUT2D eigenvalue weighted by Gasteiger charge is -2.35. The first-order chi connectivity index (χ1) is 8.70. The second kappa shape index (κ2) is 6.01. The van der Waals surface area contributed by atoms with E-state index in [1.165, 1.54) is 19.4 Å². The largest absolute Gasteiger partial charge is 0.371 e. The molecule has 0 spiro atoms. The number of benzene rings is 1. The minimum Gasteiger partial charge on any atom is -0.371 e. The fourth-order valence-electron chi connectivity index (χ4n) is 2.75. The van der Waals surface area contributed by atoms with Gasteiger partial charge in [-0.1, -0.05) is 12.1 Å². The molecule has 0 aromatic heterocycles. The van der Waals surface area contributed by atoms with E-state index < -0.39 is 0 Å². The van der Waals surface area contributed by atoms with Crippen LogP contribution in [0.4, 0.5) is 5.69 Å². The Bertz CT molecular complexity index is 395. The Balaban J connectivity index is 1.99. The first-order valence-electron chi connectivity index (χ1n) is 6.64. The Labute approximate surface area is 109 Å². The van der Waals surface area contributed by atoms with Gasteiger partial charge in [-0.05, 0) is 45.0 Å².